The first-order valence-corrected chi connectivity index (χ1v) is 7.84. The summed E-state index contributed by atoms with van der Waals surface area (Å²) in [7, 11) is 0. The third kappa shape index (κ3) is 2.92. The van der Waals surface area contributed by atoms with Gasteiger partial charge in [-0.15, -0.1) is 11.3 Å². The van der Waals surface area contributed by atoms with E-state index in [1.807, 2.05) is 42.6 Å². The summed E-state index contributed by atoms with van der Waals surface area (Å²) < 4.78 is 0. The highest BCUT2D eigenvalue weighted by molar-refractivity contribution is 7.12. The van der Waals surface area contributed by atoms with Crippen LogP contribution in [0, 0.1) is 0 Å². The molecule has 0 saturated heterocycles. The van der Waals surface area contributed by atoms with Gasteiger partial charge in [-0.05, 0) is 24.4 Å². The van der Waals surface area contributed by atoms with Crippen LogP contribution in [0.15, 0.2) is 41.8 Å². The molecule has 3 aromatic rings. The van der Waals surface area contributed by atoms with Gasteiger partial charge in [0.05, 0.1) is 10.4 Å². The summed E-state index contributed by atoms with van der Waals surface area (Å²) in [4.78, 5) is 25.0. The number of nitrogens with one attached hydrogen (secondary N) is 2. The average molecular weight is 313 g/mol. The molecule has 2 N–H and O–H groups in total. The summed E-state index contributed by atoms with van der Waals surface area (Å²) in [5.41, 5.74) is 1.17. The molecule has 1 aromatic carbocycles. The molecule has 0 aliphatic carbocycles. The Morgan fingerprint density at radius 1 is 1.27 bits per heavy atom. The monoisotopic (exact) mass is 313 g/mol. The van der Waals surface area contributed by atoms with Gasteiger partial charge in [-0.25, -0.2) is 0 Å². The number of ketones is 1. The molecule has 112 valence electrons. The van der Waals surface area contributed by atoms with Crippen LogP contribution in [0.3, 0.4) is 0 Å². The van der Waals surface area contributed by atoms with Gasteiger partial charge in [-0.2, -0.15) is 5.10 Å². The van der Waals surface area contributed by atoms with Crippen LogP contribution in [0.1, 0.15) is 33.5 Å². The second-order valence-corrected chi connectivity index (χ2v) is 6.04. The number of para-hydroxylation sites is 1. The molecule has 1 atom stereocenters. The Balaban J connectivity index is 1.67. The molecular weight excluding hydrogens is 298 g/mol. The lowest BCUT2D eigenvalue weighted by Gasteiger charge is -2.11. The Bertz CT molecular complexity index is 808. The second-order valence-electron chi connectivity index (χ2n) is 5.10. The number of benzene rings is 1. The first kappa shape index (κ1) is 14.5. The number of Topliss-reactive ketones (excluding diaryl/α,β-unsaturated/α-hetero) is 1. The fourth-order valence-corrected chi connectivity index (χ4v) is 2.97. The number of carbonyl (C=O) groups is 2. The summed E-state index contributed by atoms with van der Waals surface area (Å²) in [5, 5.41) is 12.4. The fraction of sp³-hybridized carbons (Fsp3) is 0.188. The van der Waals surface area contributed by atoms with Crippen molar-refractivity contribution in [1.29, 1.82) is 0 Å². The summed E-state index contributed by atoms with van der Waals surface area (Å²) in [6.07, 6.45) is 0.272. The molecule has 22 heavy (non-hydrogen) atoms. The quantitative estimate of drug-likeness (QED) is 0.711. The SMILES string of the molecule is CC(CC(=O)c1cccs1)NC(=O)c1n[nH]c2ccccc12. The predicted octanol–water partition coefficient (Wildman–Crippen LogP) is 3.02. The largest absolute Gasteiger partial charge is 0.348 e. The van der Waals surface area contributed by atoms with Gasteiger partial charge in [0.15, 0.2) is 11.5 Å². The fourth-order valence-electron chi connectivity index (χ4n) is 2.30. The number of amides is 1. The molecule has 0 aliphatic heterocycles. The van der Waals surface area contributed by atoms with E-state index in [2.05, 4.69) is 15.5 Å². The van der Waals surface area contributed by atoms with E-state index >= 15 is 0 Å². The number of aromatic nitrogens is 2. The van der Waals surface area contributed by atoms with Crippen LogP contribution in [0.2, 0.25) is 0 Å². The molecule has 2 aromatic heterocycles. The maximum Gasteiger partial charge on any atom is 0.272 e. The standard InChI is InChI=1S/C16H15N3O2S/c1-10(9-13(20)14-7-4-8-22-14)17-16(21)15-11-5-2-3-6-12(11)18-19-15/h2-8,10H,9H2,1H3,(H,17,21)(H,18,19). The minimum Gasteiger partial charge on any atom is -0.348 e. The van der Waals surface area contributed by atoms with E-state index in [0.717, 1.165) is 10.9 Å². The summed E-state index contributed by atoms with van der Waals surface area (Å²) in [6, 6.07) is 10.8. The third-order valence-electron chi connectivity index (χ3n) is 3.35. The van der Waals surface area contributed by atoms with E-state index in [1.165, 1.54) is 11.3 Å². The molecule has 2 heterocycles. The lowest BCUT2D eigenvalue weighted by Crippen LogP contribution is -2.34. The van der Waals surface area contributed by atoms with Crippen LogP contribution in [-0.4, -0.2) is 27.9 Å². The Morgan fingerprint density at radius 2 is 2.09 bits per heavy atom. The molecule has 0 spiro atoms. The summed E-state index contributed by atoms with van der Waals surface area (Å²) in [5.74, 6) is -0.237. The van der Waals surface area contributed by atoms with Crippen molar-refractivity contribution in [2.24, 2.45) is 0 Å². The number of H-pyrrole nitrogens is 1. The average Bonchev–Trinajstić information content (AvgIpc) is 3.16. The molecule has 1 amide bonds. The molecule has 0 aliphatic rings. The second kappa shape index (κ2) is 6.11. The smallest absolute Gasteiger partial charge is 0.272 e. The minimum absolute atomic E-state index is 0.0367. The van der Waals surface area contributed by atoms with Crippen molar-refractivity contribution in [2.45, 2.75) is 19.4 Å². The Hall–Kier alpha value is -2.47. The Kier molecular flexibility index (Phi) is 4.02. The zero-order chi connectivity index (χ0) is 15.5. The number of thiophene rings is 1. The molecule has 0 radical (unpaired) electrons. The Morgan fingerprint density at radius 3 is 2.86 bits per heavy atom. The van der Waals surface area contributed by atoms with Crippen LogP contribution in [0.5, 0.6) is 0 Å². The van der Waals surface area contributed by atoms with Gasteiger partial charge >= 0.3 is 0 Å². The van der Waals surface area contributed by atoms with Gasteiger partial charge in [0.1, 0.15) is 0 Å². The van der Waals surface area contributed by atoms with Gasteiger partial charge in [-0.1, -0.05) is 24.3 Å². The molecule has 0 saturated carbocycles. The number of hydrogen-bond acceptors (Lipinski definition) is 4. The molecule has 5 nitrogen and oxygen atoms in total. The molecule has 0 bridgehead atoms. The van der Waals surface area contributed by atoms with E-state index in [4.69, 9.17) is 0 Å². The van der Waals surface area contributed by atoms with Crippen molar-refractivity contribution in [1.82, 2.24) is 15.5 Å². The highest BCUT2D eigenvalue weighted by atomic mass is 32.1. The first-order chi connectivity index (χ1) is 10.6. The van der Waals surface area contributed by atoms with Crippen LogP contribution in [0.4, 0.5) is 0 Å². The van der Waals surface area contributed by atoms with Crippen LogP contribution < -0.4 is 5.32 Å². The highest BCUT2D eigenvalue weighted by Crippen LogP contribution is 2.16. The van der Waals surface area contributed by atoms with Gasteiger partial charge in [-0.3, -0.25) is 14.7 Å². The van der Waals surface area contributed by atoms with Crippen LogP contribution >= 0.6 is 11.3 Å². The van der Waals surface area contributed by atoms with Gasteiger partial charge in [0.25, 0.3) is 5.91 Å². The highest BCUT2D eigenvalue weighted by Gasteiger charge is 2.18. The van der Waals surface area contributed by atoms with E-state index < -0.39 is 0 Å². The molecular formula is C16H15N3O2S. The number of nitrogens with zero attached hydrogens (tertiary/aromatic N) is 1. The van der Waals surface area contributed by atoms with Crippen LogP contribution in [-0.2, 0) is 0 Å². The van der Waals surface area contributed by atoms with E-state index in [1.54, 1.807) is 6.07 Å². The molecule has 6 heteroatoms. The number of aromatic amines is 1. The lowest BCUT2D eigenvalue weighted by atomic mass is 10.1. The maximum atomic E-state index is 12.3. The number of rotatable bonds is 5. The van der Waals surface area contributed by atoms with Gasteiger partial charge in [0.2, 0.25) is 0 Å². The zero-order valence-corrected chi connectivity index (χ0v) is 12.8. The van der Waals surface area contributed by atoms with Crippen molar-refractivity contribution in [3.63, 3.8) is 0 Å². The number of hydrogen-bond donors (Lipinski definition) is 2. The van der Waals surface area contributed by atoms with Gasteiger partial charge in [0, 0.05) is 17.8 Å². The number of fused-ring (bicyclic) bond motifs is 1. The van der Waals surface area contributed by atoms with Crippen molar-refractivity contribution in [3.8, 4) is 0 Å². The van der Waals surface area contributed by atoms with E-state index in [9.17, 15) is 9.59 Å². The third-order valence-corrected chi connectivity index (χ3v) is 4.26. The van der Waals surface area contributed by atoms with Crippen molar-refractivity contribution < 1.29 is 9.59 Å². The number of carbonyl (C=O) groups excluding carboxylic acids is 2. The van der Waals surface area contributed by atoms with E-state index in [-0.39, 0.29) is 24.2 Å². The van der Waals surface area contributed by atoms with Crippen molar-refractivity contribution >= 4 is 33.9 Å². The van der Waals surface area contributed by atoms with Gasteiger partial charge < -0.3 is 5.32 Å². The lowest BCUT2D eigenvalue weighted by molar-refractivity contribution is 0.0917. The molecule has 3 rings (SSSR count). The minimum atomic E-state index is -0.274. The summed E-state index contributed by atoms with van der Waals surface area (Å²) >= 11 is 1.41. The maximum absolute atomic E-state index is 12.3. The molecule has 0 fully saturated rings. The molecule has 1 unspecified atom stereocenters. The normalized spacial score (nSPS) is 12.2. The van der Waals surface area contributed by atoms with E-state index in [0.29, 0.717) is 10.6 Å². The topological polar surface area (TPSA) is 74.8 Å². The van der Waals surface area contributed by atoms with Crippen LogP contribution in [0.25, 0.3) is 10.9 Å². The predicted molar refractivity (Wildman–Crippen MR) is 86.3 cm³/mol. The zero-order valence-electron chi connectivity index (χ0n) is 12.0. The Labute approximate surface area is 131 Å². The first-order valence-electron chi connectivity index (χ1n) is 6.96. The summed E-state index contributed by atoms with van der Waals surface area (Å²) in [6.45, 7) is 1.82. The van der Waals surface area contributed by atoms with Crippen molar-refractivity contribution in [3.05, 3.63) is 52.3 Å². The van der Waals surface area contributed by atoms with Crippen molar-refractivity contribution in [2.75, 3.05) is 0 Å².